The number of rotatable bonds is 11. The fraction of sp³-hybridized carbons (Fsp3) is 1.00. The molecule has 18 heavy (non-hydrogen) atoms. The summed E-state index contributed by atoms with van der Waals surface area (Å²) < 4.78 is 31.0. The normalized spacial score (nSPS) is 13.1. The molecule has 1 N–H and O–H groups in total. The number of aliphatic hydroxyl groups excluding tert-OH is 1. The predicted octanol–water partition coefficient (Wildman–Crippen LogP) is -0.573. The quantitative estimate of drug-likeness (QED) is 0.315. The topological polar surface area (TPSA) is 77.4 Å². The summed E-state index contributed by atoms with van der Waals surface area (Å²) in [6.07, 6.45) is 8.01. The van der Waals surface area contributed by atoms with E-state index < -0.39 is 10.1 Å². The molecule has 0 aromatic heterocycles. The van der Waals surface area contributed by atoms with Gasteiger partial charge in [-0.3, -0.25) is 0 Å². The summed E-state index contributed by atoms with van der Waals surface area (Å²) >= 11 is 0. The molecule has 0 radical (unpaired) electrons. The van der Waals surface area contributed by atoms with Crippen molar-refractivity contribution in [2.45, 2.75) is 70.8 Å². The molecule has 0 saturated carbocycles. The summed E-state index contributed by atoms with van der Waals surface area (Å²) in [6, 6.07) is 0. The van der Waals surface area contributed by atoms with Crippen LogP contribution >= 0.6 is 0 Å². The minimum Gasteiger partial charge on any atom is -0.748 e. The molecule has 0 rings (SSSR count). The molecule has 4 nitrogen and oxygen atoms in total. The molecule has 0 aromatic carbocycles. The fourth-order valence-electron chi connectivity index (χ4n) is 1.84. The number of unbranched alkanes of at least 4 members (excludes halogenated alkanes) is 5. The van der Waals surface area contributed by atoms with Crippen LogP contribution in [0.25, 0.3) is 0 Å². The van der Waals surface area contributed by atoms with E-state index in [2.05, 4.69) is 6.92 Å². The predicted molar refractivity (Wildman–Crippen MR) is 67.8 cm³/mol. The molecule has 0 aliphatic carbocycles. The molecule has 0 bridgehead atoms. The van der Waals surface area contributed by atoms with Crippen molar-refractivity contribution in [3.8, 4) is 0 Å². The van der Waals surface area contributed by atoms with Crippen LogP contribution in [0.1, 0.15) is 64.7 Å². The molecule has 0 heterocycles. The first-order chi connectivity index (χ1) is 7.95. The van der Waals surface area contributed by atoms with Gasteiger partial charge < -0.3 is 9.66 Å². The summed E-state index contributed by atoms with van der Waals surface area (Å²) in [6.45, 7) is 2.06. The van der Waals surface area contributed by atoms with Gasteiger partial charge in [0.15, 0.2) is 0 Å². The first kappa shape index (κ1) is 21.8. The summed E-state index contributed by atoms with van der Waals surface area (Å²) in [7, 11) is -4.02. The second-order valence-corrected chi connectivity index (χ2v) is 6.14. The Balaban J connectivity index is 0. The van der Waals surface area contributed by atoms with Gasteiger partial charge in [-0.15, -0.1) is 0 Å². The summed E-state index contributed by atoms with van der Waals surface area (Å²) in [4.78, 5) is 0. The van der Waals surface area contributed by atoms with E-state index in [1.165, 1.54) is 0 Å². The van der Waals surface area contributed by atoms with Crippen molar-refractivity contribution in [2.75, 3.05) is 5.75 Å². The van der Waals surface area contributed by atoms with Crippen molar-refractivity contribution in [2.24, 2.45) is 0 Å². The van der Waals surface area contributed by atoms with E-state index in [1.807, 2.05) is 0 Å². The van der Waals surface area contributed by atoms with E-state index in [-0.39, 0.29) is 63.2 Å². The van der Waals surface area contributed by atoms with Crippen molar-refractivity contribution < 1.29 is 69.5 Å². The molecule has 0 amide bonds. The maximum atomic E-state index is 10.3. The largest absolute Gasteiger partial charge is 1.00 e. The van der Waals surface area contributed by atoms with Crippen molar-refractivity contribution in [3.05, 3.63) is 0 Å². The third-order valence-corrected chi connectivity index (χ3v) is 3.59. The van der Waals surface area contributed by atoms with Crippen LogP contribution in [0, 0.1) is 0 Å². The Morgan fingerprint density at radius 3 is 2.00 bits per heavy atom. The summed E-state index contributed by atoms with van der Waals surface area (Å²) in [5, 5.41) is 9.48. The molecule has 0 saturated heterocycles. The zero-order valence-electron chi connectivity index (χ0n) is 11.7. The molecule has 0 fully saturated rings. The molecule has 104 valence electrons. The Bertz CT molecular complexity index is 267. The number of hydrogen-bond acceptors (Lipinski definition) is 4. The number of aliphatic hydroxyl groups is 1. The minimum absolute atomic E-state index is 0. The van der Waals surface area contributed by atoms with E-state index in [0.717, 1.165) is 51.4 Å². The molecule has 0 spiro atoms. The zero-order valence-corrected chi connectivity index (χ0v) is 15.7. The maximum Gasteiger partial charge on any atom is 1.00 e. The van der Waals surface area contributed by atoms with E-state index in [4.69, 9.17) is 0 Å². The molecule has 1 unspecified atom stereocenters. The van der Waals surface area contributed by atoms with Gasteiger partial charge in [-0.05, 0) is 19.3 Å². The Morgan fingerprint density at radius 1 is 1.00 bits per heavy atom. The van der Waals surface area contributed by atoms with Crippen LogP contribution < -0.4 is 51.4 Å². The van der Waals surface area contributed by atoms with Gasteiger partial charge in [0.2, 0.25) is 0 Å². The first-order valence-corrected chi connectivity index (χ1v) is 8.15. The van der Waals surface area contributed by atoms with Crippen molar-refractivity contribution in [1.29, 1.82) is 0 Å². The Hall–Kier alpha value is 1.51. The maximum absolute atomic E-state index is 10.3. The van der Waals surface area contributed by atoms with Crippen molar-refractivity contribution in [3.63, 3.8) is 0 Å². The molecular formula is C12H25KO4S. The van der Waals surface area contributed by atoms with Gasteiger partial charge >= 0.3 is 51.4 Å². The second kappa shape index (κ2) is 13.5. The Morgan fingerprint density at radius 2 is 1.50 bits per heavy atom. The van der Waals surface area contributed by atoms with Gasteiger partial charge in [0.25, 0.3) is 0 Å². The molecule has 1 atom stereocenters. The Kier molecular flexibility index (Phi) is 16.3. The molecule has 0 aliphatic rings. The number of hydrogen-bond donors (Lipinski definition) is 1. The van der Waals surface area contributed by atoms with Gasteiger partial charge in [0.1, 0.15) is 0 Å². The summed E-state index contributed by atoms with van der Waals surface area (Å²) in [5.41, 5.74) is 0. The van der Waals surface area contributed by atoms with Crippen LogP contribution in [0.2, 0.25) is 0 Å². The minimum atomic E-state index is -4.02. The molecule has 6 heteroatoms. The van der Waals surface area contributed by atoms with Gasteiger partial charge in [-0.25, -0.2) is 8.42 Å². The van der Waals surface area contributed by atoms with Crippen LogP contribution in [0.4, 0.5) is 0 Å². The van der Waals surface area contributed by atoms with Crippen LogP contribution in [0.15, 0.2) is 0 Å². The van der Waals surface area contributed by atoms with E-state index in [9.17, 15) is 18.1 Å². The van der Waals surface area contributed by atoms with Crippen LogP contribution in [0.5, 0.6) is 0 Å². The average molecular weight is 304 g/mol. The van der Waals surface area contributed by atoms with E-state index in [1.54, 1.807) is 0 Å². The van der Waals surface area contributed by atoms with Gasteiger partial charge in [-0.1, -0.05) is 45.4 Å². The van der Waals surface area contributed by atoms with Gasteiger partial charge in [0, 0.05) is 5.75 Å². The fourth-order valence-corrected chi connectivity index (χ4v) is 2.40. The summed E-state index contributed by atoms with van der Waals surface area (Å²) in [5.74, 6) is -0.234. The molecule has 0 aliphatic heterocycles. The van der Waals surface area contributed by atoms with E-state index in [0.29, 0.717) is 6.42 Å². The van der Waals surface area contributed by atoms with Gasteiger partial charge in [-0.2, -0.15) is 0 Å². The SMILES string of the molecule is CCCC(O)CCCCCCCCS(=O)(=O)[O-].[K+]. The van der Waals surface area contributed by atoms with Crippen molar-refractivity contribution in [1.82, 2.24) is 0 Å². The van der Waals surface area contributed by atoms with Crippen LogP contribution in [0.3, 0.4) is 0 Å². The van der Waals surface area contributed by atoms with Gasteiger partial charge in [0.05, 0.1) is 16.2 Å². The van der Waals surface area contributed by atoms with Crippen molar-refractivity contribution >= 4 is 10.1 Å². The third-order valence-electron chi connectivity index (χ3n) is 2.80. The molecular weight excluding hydrogens is 279 g/mol. The van der Waals surface area contributed by atoms with Crippen LogP contribution in [-0.4, -0.2) is 29.9 Å². The second-order valence-electron chi connectivity index (χ2n) is 4.61. The Labute approximate surface area is 154 Å². The van der Waals surface area contributed by atoms with E-state index >= 15 is 0 Å². The smallest absolute Gasteiger partial charge is 0.748 e. The first-order valence-electron chi connectivity index (χ1n) is 6.57. The molecule has 0 aromatic rings. The standard InChI is InChI=1S/C12H26O4S.K/c1-2-9-12(13)10-7-5-3-4-6-8-11-17(14,15)16;/h12-13H,2-11H2,1H3,(H,14,15,16);/q;+1/p-1. The van der Waals surface area contributed by atoms with Crippen LogP contribution in [-0.2, 0) is 10.1 Å². The average Bonchev–Trinajstić information content (AvgIpc) is 2.21. The zero-order chi connectivity index (χ0) is 13.1. The third kappa shape index (κ3) is 17.5. The monoisotopic (exact) mass is 304 g/mol.